The first-order valence-electron chi connectivity index (χ1n) is 9.61. The highest BCUT2D eigenvalue weighted by Crippen LogP contribution is 2.19. The summed E-state index contributed by atoms with van der Waals surface area (Å²) in [4.78, 5) is 23.8. The fourth-order valence-corrected chi connectivity index (χ4v) is 3.30. The number of nitrogens with zero attached hydrogens (tertiary/aromatic N) is 2. The van der Waals surface area contributed by atoms with Gasteiger partial charge in [0.25, 0.3) is 0 Å². The van der Waals surface area contributed by atoms with Crippen molar-refractivity contribution in [3.05, 3.63) is 77.6 Å². The Morgan fingerprint density at radius 3 is 2.66 bits per heavy atom. The van der Waals surface area contributed by atoms with Crippen LogP contribution in [0.3, 0.4) is 0 Å². The number of aromatic amines is 1. The van der Waals surface area contributed by atoms with Gasteiger partial charge in [-0.2, -0.15) is 4.98 Å². The fourth-order valence-electron chi connectivity index (χ4n) is 3.30. The quantitative estimate of drug-likeness (QED) is 0.396. The van der Waals surface area contributed by atoms with Gasteiger partial charge in [0.05, 0.1) is 0 Å². The van der Waals surface area contributed by atoms with Crippen LogP contribution in [0.15, 0.2) is 60.8 Å². The second kappa shape index (κ2) is 8.14. The summed E-state index contributed by atoms with van der Waals surface area (Å²) in [6.07, 6.45) is 2.93. The molecule has 2 aromatic heterocycles. The lowest BCUT2D eigenvalue weighted by atomic mass is 10.1. The van der Waals surface area contributed by atoms with Crippen LogP contribution in [0, 0.1) is 6.92 Å². The van der Waals surface area contributed by atoms with Crippen LogP contribution in [-0.4, -0.2) is 27.3 Å². The Labute approximate surface area is 169 Å². The molecule has 0 aliphatic rings. The number of nitrogens with one attached hydrogen (secondary N) is 3. The standard InChI is InChI=1S/C23H23N5O/c1-15-13-22(27-19-9-7-17(8-10-19)16(2)29)28-23(26-15)24-12-11-18-14-25-21-6-4-3-5-20(18)21/h3-10,13-14,25H,11-12H2,1-2H3,(H2,24,26,27,28). The molecule has 0 spiro atoms. The monoisotopic (exact) mass is 385 g/mol. The molecule has 2 aromatic carbocycles. The number of aromatic nitrogens is 3. The van der Waals surface area contributed by atoms with Crippen molar-refractivity contribution in [2.45, 2.75) is 20.3 Å². The maximum absolute atomic E-state index is 11.4. The maximum atomic E-state index is 11.4. The third-order valence-corrected chi connectivity index (χ3v) is 4.77. The van der Waals surface area contributed by atoms with Crippen molar-refractivity contribution in [2.75, 3.05) is 17.2 Å². The van der Waals surface area contributed by atoms with Crippen molar-refractivity contribution in [3.8, 4) is 0 Å². The first-order chi connectivity index (χ1) is 14.1. The number of H-pyrrole nitrogens is 1. The molecule has 0 atom stereocenters. The summed E-state index contributed by atoms with van der Waals surface area (Å²) in [6.45, 7) is 4.24. The SMILES string of the molecule is CC(=O)c1ccc(Nc2cc(C)nc(NCCc3c[nH]c4ccccc34)n2)cc1. The van der Waals surface area contributed by atoms with Gasteiger partial charge in [-0.15, -0.1) is 0 Å². The van der Waals surface area contributed by atoms with E-state index in [1.807, 2.05) is 31.2 Å². The molecule has 0 fully saturated rings. The number of carbonyl (C=O) groups is 1. The number of carbonyl (C=O) groups excluding carboxylic acids is 1. The first kappa shape index (κ1) is 18.7. The molecule has 0 amide bonds. The summed E-state index contributed by atoms with van der Waals surface area (Å²) in [7, 11) is 0. The largest absolute Gasteiger partial charge is 0.361 e. The van der Waals surface area contributed by atoms with Gasteiger partial charge in [0, 0.05) is 46.7 Å². The van der Waals surface area contributed by atoms with Crippen LogP contribution in [0.25, 0.3) is 10.9 Å². The van der Waals surface area contributed by atoms with Crippen LogP contribution in [-0.2, 0) is 6.42 Å². The average molecular weight is 385 g/mol. The zero-order valence-electron chi connectivity index (χ0n) is 16.5. The Balaban J connectivity index is 1.42. The summed E-state index contributed by atoms with van der Waals surface area (Å²) in [5.74, 6) is 1.35. The summed E-state index contributed by atoms with van der Waals surface area (Å²) in [5, 5.41) is 7.84. The molecule has 6 nitrogen and oxygen atoms in total. The molecule has 0 bridgehead atoms. The molecular formula is C23H23N5O. The normalized spacial score (nSPS) is 10.8. The van der Waals surface area contributed by atoms with Gasteiger partial charge in [0.1, 0.15) is 5.82 Å². The minimum Gasteiger partial charge on any atom is -0.361 e. The summed E-state index contributed by atoms with van der Waals surface area (Å²) in [5.41, 5.74) is 4.85. The molecule has 0 saturated heterocycles. The number of aryl methyl sites for hydroxylation is 1. The lowest BCUT2D eigenvalue weighted by molar-refractivity contribution is 0.101. The predicted molar refractivity (Wildman–Crippen MR) is 117 cm³/mol. The van der Waals surface area contributed by atoms with Crippen molar-refractivity contribution in [1.82, 2.24) is 15.0 Å². The van der Waals surface area contributed by atoms with Crippen LogP contribution in [0.2, 0.25) is 0 Å². The van der Waals surface area contributed by atoms with E-state index in [9.17, 15) is 4.79 Å². The van der Waals surface area contributed by atoms with Crippen LogP contribution >= 0.6 is 0 Å². The number of benzene rings is 2. The van der Waals surface area contributed by atoms with E-state index in [1.54, 1.807) is 19.1 Å². The van der Waals surface area contributed by atoms with E-state index in [4.69, 9.17) is 0 Å². The zero-order chi connectivity index (χ0) is 20.2. The number of hydrogen-bond acceptors (Lipinski definition) is 5. The molecule has 6 heteroatoms. The molecule has 29 heavy (non-hydrogen) atoms. The first-order valence-corrected chi connectivity index (χ1v) is 9.61. The van der Waals surface area contributed by atoms with Gasteiger partial charge in [0.15, 0.2) is 5.78 Å². The molecule has 4 rings (SSSR count). The lowest BCUT2D eigenvalue weighted by Crippen LogP contribution is -2.09. The van der Waals surface area contributed by atoms with Gasteiger partial charge in [-0.1, -0.05) is 18.2 Å². The highest BCUT2D eigenvalue weighted by Gasteiger charge is 2.06. The van der Waals surface area contributed by atoms with Gasteiger partial charge in [-0.3, -0.25) is 4.79 Å². The molecule has 0 aliphatic carbocycles. The van der Waals surface area contributed by atoms with E-state index in [2.05, 4.69) is 50.0 Å². The van der Waals surface area contributed by atoms with E-state index >= 15 is 0 Å². The molecule has 0 saturated carbocycles. The Bertz CT molecular complexity index is 1150. The van der Waals surface area contributed by atoms with Gasteiger partial charge in [-0.05, 0) is 56.2 Å². The second-order valence-electron chi connectivity index (χ2n) is 7.01. The van der Waals surface area contributed by atoms with Crippen LogP contribution in [0.4, 0.5) is 17.5 Å². The Hall–Kier alpha value is -3.67. The van der Waals surface area contributed by atoms with Gasteiger partial charge in [0.2, 0.25) is 5.95 Å². The third kappa shape index (κ3) is 4.43. The highest BCUT2D eigenvalue weighted by molar-refractivity contribution is 5.94. The minimum absolute atomic E-state index is 0.0520. The average Bonchev–Trinajstić information content (AvgIpc) is 3.11. The molecule has 0 aliphatic heterocycles. The van der Waals surface area contributed by atoms with E-state index < -0.39 is 0 Å². The van der Waals surface area contributed by atoms with Crippen molar-refractivity contribution in [1.29, 1.82) is 0 Å². The summed E-state index contributed by atoms with van der Waals surface area (Å²) >= 11 is 0. The second-order valence-corrected chi connectivity index (χ2v) is 7.01. The molecule has 2 heterocycles. The van der Waals surface area contributed by atoms with Gasteiger partial charge >= 0.3 is 0 Å². The fraction of sp³-hybridized carbons (Fsp3) is 0.174. The lowest BCUT2D eigenvalue weighted by Gasteiger charge is -2.10. The number of anilines is 3. The molecule has 0 radical (unpaired) electrons. The Morgan fingerprint density at radius 2 is 1.86 bits per heavy atom. The Kier molecular flexibility index (Phi) is 5.24. The van der Waals surface area contributed by atoms with Crippen LogP contribution in [0.1, 0.15) is 28.5 Å². The van der Waals surface area contributed by atoms with Crippen LogP contribution < -0.4 is 10.6 Å². The van der Waals surface area contributed by atoms with E-state index in [-0.39, 0.29) is 5.78 Å². The van der Waals surface area contributed by atoms with Gasteiger partial charge < -0.3 is 15.6 Å². The van der Waals surface area contributed by atoms with Crippen LogP contribution in [0.5, 0.6) is 0 Å². The Morgan fingerprint density at radius 1 is 1.07 bits per heavy atom. The molecule has 0 unspecified atom stereocenters. The number of ketones is 1. The van der Waals surface area contributed by atoms with Crippen molar-refractivity contribution in [3.63, 3.8) is 0 Å². The molecular weight excluding hydrogens is 362 g/mol. The molecule has 146 valence electrons. The minimum atomic E-state index is 0.0520. The van der Waals surface area contributed by atoms with E-state index in [0.29, 0.717) is 17.3 Å². The predicted octanol–water partition coefficient (Wildman–Crippen LogP) is 4.87. The summed E-state index contributed by atoms with van der Waals surface area (Å²) < 4.78 is 0. The van der Waals surface area contributed by atoms with Crippen molar-refractivity contribution >= 4 is 34.1 Å². The van der Waals surface area contributed by atoms with Crippen molar-refractivity contribution < 1.29 is 4.79 Å². The molecule has 4 aromatic rings. The van der Waals surface area contributed by atoms with Crippen molar-refractivity contribution in [2.24, 2.45) is 0 Å². The number of rotatable bonds is 7. The number of fused-ring (bicyclic) bond motifs is 1. The third-order valence-electron chi connectivity index (χ3n) is 4.77. The summed E-state index contributed by atoms with van der Waals surface area (Å²) in [6, 6.07) is 17.5. The smallest absolute Gasteiger partial charge is 0.224 e. The number of Topliss-reactive ketones (excluding diaryl/α,β-unsaturated/α-hetero) is 1. The topological polar surface area (TPSA) is 82.7 Å². The number of hydrogen-bond donors (Lipinski definition) is 3. The van der Waals surface area contributed by atoms with E-state index in [1.165, 1.54) is 10.9 Å². The zero-order valence-corrected chi connectivity index (χ0v) is 16.5. The van der Waals surface area contributed by atoms with Gasteiger partial charge in [-0.25, -0.2) is 4.98 Å². The van der Waals surface area contributed by atoms with E-state index in [0.717, 1.165) is 29.9 Å². The maximum Gasteiger partial charge on any atom is 0.224 e. The highest BCUT2D eigenvalue weighted by atomic mass is 16.1. The molecule has 3 N–H and O–H groups in total. The number of para-hydroxylation sites is 1.